The summed E-state index contributed by atoms with van der Waals surface area (Å²) >= 11 is 5.53. The molecule has 64 valence electrons. The van der Waals surface area contributed by atoms with Crippen molar-refractivity contribution in [1.29, 1.82) is 0 Å². The lowest BCUT2D eigenvalue weighted by atomic mass is 10.1. The number of halogens is 1. The van der Waals surface area contributed by atoms with Crippen LogP contribution < -0.4 is 0 Å². The summed E-state index contributed by atoms with van der Waals surface area (Å²) in [5, 5.41) is 0.181. The van der Waals surface area contributed by atoms with Gasteiger partial charge in [-0.3, -0.25) is 4.79 Å². The number of ketones is 1. The fraction of sp³-hybridized carbons (Fsp3) is 0.375. The topological polar surface area (TPSA) is 42.9 Å². The summed E-state index contributed by atoms with van der Waals surface area (Å²) in [6.07, 6.45) is 1.93. The van der Waals surface area contributed by atoms with Gasteiger partial charge in [0.15, 0.2) is 5.78 Å². The first-order valence-electron chi connectivity index (χ1n) is 3.67. The first kappa shape index (κ1) is 9.13. The molecule has 0 aliphatic heterocycles. The Morgan fingerprint density at radius 2 is 2.33 bits per heavy atom. The average molecular weight is 185 g/mol. The second-order valence-corrected chi connectivity index (χ2v) is 2.75. The van der Waals surface area contributed by atoms with E-state index >= 15 is 0 Å². The van der Waals surface area contributed by atoms with Gasteiger partial charge in [-0.15, -0.1) is 0 Å². The summed E-state index contributed by atoms with van der Waals surface area (Å²) in [7, 11) is 0. The van der Waals surface area contributed by atoms with E-state index in [4.69, 9.17) is 11.6 Å². The van der Waals surface area contributed by atoms with E-state index in [1.54, 1.807) is 13.8 Å². The number of hydrogen-bond donors (Lipinski definition) is 0. The van der Waals surface area contributed by atoms with Crippen molar-refractivity contribution in [2.45, 2.75) is 20.3 Å². The highest BCUT2D eigenvalue weighted by molar-refractivity contribution is 6.28. The van der Waals surface area contributed by atoms with Crippen LogP contribution in [0.25, 0.3) is 0 Å². The van der Waals surface area contributed by atoms with Gasteiger partial charge in [-0.1, -0.05) is 6.92 Å². The zero-order valence-electron chi connectivity index (χ0n) is 6.97. The van der Waals surface area contributed by atoms with Crippen molar-refractivity contribution in [2.24, 2.45) is 0 Å². The van der Waals surface area contributed by atoms with Crippen LogP contribution in [0.2, 0.25) is 5.28 Å². The van der Waals surface area contributed by atoms with Crippen molar-refractivity contribution in [3.63, 3.8) is 0 Å². The molecule has 4 heteroatoms. The van der Waals surface area contributed by atoms with Crippen molar-refractivity contribution in [3.05, 3.63) is 22.7 Å². The monoisotopic (exact) mass is 184 g/mol. The molecule has 0 unspecified atom stereocenters. The number of carbonyl (C=O) groups is 1. The van der Waals surface area contributed by atoms with E-state index in [1.165, 1.54) is 6.20 Å². The van der Waals surface area contributed by atoms with Gasteiger partial charge in [0, 0.05) is 12.6 Å². The standard InChI is InChI=1S/C8H9ClN2O/c1-3-7(12)6-4-10-8(9)11-5(6)2/h4H,3H2,1-2H3. The van der Waals surface area contributed by atoms with Crippen LogP contribution in [-0.2, 0) is 0 Å². The molecule has 12 heavy (non-hydrogen) atoms. The second kappa shape index (κ2) is 3.63. The van der Waals surface area contributed by atoms with E-state index in [9.17, 15) is 4.79 Å². The maximum atomic E-state index is 11.2. The predicted molar refractivity (Wildman–Crippen MR) is 46.4 cm³/mol. The van der Waals surface area contributed by atoms with Crippen molar-refractivity contribution in [3.8, 4) is 0 Å². The van der Waals surface area contributed by atoms with Gasteiger partial charge in [0.05, 0.1) is 11.3 Å². The van der Waals surface area contributed by atoms with Crippen LogP contribution in [-0.4, -0.2) is 15.8 Å². The molecule has 0 aliphatic rings. The highest BCUT2D eigenvalue weighted by Gasteiger charge is 2.08. The molecule has 0 saturated heterocycles. The molecule has 1 rings (SSSR count). The molecule has 0 atom stereocenters. The third-order valence-corrected chi connectivity index (χ3v) is 1.75. The molecule has 1 aromatic rings. The SMILES string of the molecule is CCC(=O)c1cnc(Cl)nc1C. The van der Waals surface area contributed by atoms with Gasteiger partial charge in [0.1, 0.15) is 0 Å². The summed E-state index contributed by atoms with van der Waals surface area (Å²) in [4.78, 5) is 18.8. The summed E-state index contributed by atoms with van der Waals surface area (Å²) in [6, 6.07) is 0. The number of nitrogens with zero attached hydrogens (tertiary/aromatic N) is 2. The normalized spacial score (nSPS) is 9.92. The zero-order valence-corrected chi connectivity index (χ0v) is 7.72. The Morgan fingerprint density at radius 1 is 1.67 bits per heavy atom. The Balaban J connectivity index is 3.09. The summed E-state index contributed by atoms with van der Waals surface area (Å²) in [5.41, 5.74) is 1.20. The molecule has 3 nitrogen and oxygen atoms in total. The molecule has 0 aliphatic carbocycles. The van der Waals surface area contributed by atoms with Crippen molar-refractivity contribution >= 4 is 17.4 Å². The Bertz CT molecular complexity index is 312. The van der Waals surface area contributed by atoms with Crippen LogP contribution in [0.15, 0.2) is 6.20 Å². The van der Waals surface area contributed by atoms with Crippen LogP contribution in [0.4, 0.5) is 0 Å². The minimum atomic E-state index is 0.0455. The predicted octanol–water partition coefficient (Wildman–Crippen LogP) is 2.03. The molecule has 0 fully saturated rings. The van der Waals surface area contributed by atoms with Crippen LogP contribution in [0.3, 0.4) is 0 Å². The lowest BCUT2D eigenvalue weighted by molar-refractivity contribution is 0.0987. The lowest BCUT2D eigenvalue weighted by Crippen LogP contribution is -2.02. The van der Waals surface area contributed by atoms with Gasteiger partial charge in [-0.25, -0.2) is 9.97 Å². The number of Topliss-reactive ketones (excluding diaryl/α,β-unsaturated/α-hetero) is 1. The first-order chi connectivity index (χ1) is 5.65. The summed E-state index contributed by atoms with van der Waals surface area (Å²) < 4.78 is 0. The van der Waals surface area contributed by atoms with Crippen molar-refractivity contribution in [2.75, 3.05) is 0 Å². The lowest BCUT2D eigenvalue weighted by Gasteiger charge is -2.00. The van der Waals surface area contributed by atoms with Gasteiger partial charge < -0.3 is 0 Å². The Morgan fingerprint density at radius 3 is 2.83 bits per heavy atom. The van der Waals surface area contributed by atoms with Gasteiger partial charge >= 0.3 is 0 Å². The molecule has 0 amide bonds. The third-order valence-electron chi connectivity index (χ3n) is 1.57. The van der Waals surface area contributed by atoms with E-state index in [1.807, 2.05) is 0 Å². The molecule has 1 aromatic heterocycles. The molecule has 1 heterocycles. The Hall–Kier alpha value is -0.960. The fourth-order valence-corrected chi connectivity index (χ4v) is 1.08. The largest absolute Gasteiger partial charge is 0.294 e. The molecular weight excluding hydrogens is 176 g/mol. The highest BCUT2D eigenvalue weighted by atomic mass is 35.5. The first-order valence-corrected chi connectivity index (χ1v) is 4.05. The highest BCUT2D eigenvalue weighted by Crippen LogP contribution is 2.09. The van der Waals surface area contributed by atoms with Gasteiger partial charge in [-0.05, 0) is 18.5 Å². The summed E-state index contributed by atoms with van der Waals surface area (Å²) in [6.45, 7) is 3.55. The van der Waals surface area contributed by atoms with Crippen LogP contribution >= 0.6 is 11.6 Å². The maximum absolute atomic E-state index is 11.2. The molecule has 0 saturated carbocycles. The van der Waals surface area contributed by atoms with E-state index < -0.39 is 0 Å². The molecule has 0 N–H and O–H groups in total. The Kier molecular flexibility index (Phi) is 2.76. The van der Waals surface area contributed by atoms with Crippen molar-refractivity contribution < 1.29 is 4.79 Å². The smallest absolute Gasteiger partial charge is 0.222 e. The van der Waals surface area contributed by atoms with E-state index in [0.29, 0.717) is 17.7 Å². The maximum Gasteiger partial charge on any atom is 0.222 e. The van der Waals surface area contributed by atoms with Crippen molar-refractivity contribution in [1.82, 2.24) is 9.97 Å². The van der Waals surface area contributed by atoms with Crippen LogP contribution in [0, 0.1) is 6.92 Å². The molecule has 0 aromatic carbocycles. The minimum absolute atomic E-state index is 0.0455. The number of aryl methyl sites for hydroxylation is 1. The number of hydrogen-bond acceptors (Lipinski definition) is 3. The molecular formula is C8H9ClN2O. The molecule has 0 radical (unpaired) electrons. The number of carbonyl (C=O) groups excluding carboxylic acids is 1. The Labute approximate surface area is 75.8 Å². The van der Waals surface area contributed by atoms with Crippen LogP contribution in [0.1, 0.15) is 29.4 Å². The average Bonchev–Trinajstić information content (AvgIpc) is 2.03. The zero-order chi connectivity index (χ0) is 9.14. The van der Waals surface area contributed by atoms with E-state index in [2.05, 4.69) is 9.97 Å². The minimum Gasteiger partial charge on any atom is -0.294 e. The van der Waals surface area contributed by atoms with E-state index in [0.717, 1.165) is 0 Å². The number of aromatic nitrogens is 2. The summed E-state index contributed by atoms with van der Waals surface area (Å²) in [5.74, 6) is 0.0455. The van der Waals surface area contributed by atoms with Gasteiger partial charge in [0.25, 0.3) is 0 Å². The van der Waals surface area contributed by atoms with E-state index in [-0.39, 0.29) is 11.1 Å². The number of rotatable bonds is 2. The molecule has 0 bridgehead atoms. The quantitative estimate of drug-likeness (QED) is 0.522. The fourth-order valence-electron chi connectivity index (χ4n) is 0.903. The van der Waals surface area contributed by atoms with Gasteiger partial charge in [0.2, 0.25) is 5.28 Å². The third kappa shape index (κ3) is 1.80. The molecule has 0 spiro atoms. The second-order valence-electron chi connectivity index (χ2n) is 2.41. The van der Waals surface area contributed by atoms with Gasteiger partial charge in [-0.2, -0.15) is 0 Å². The van der Waals surface area contributed by atoms with Crippen LogP contribution in [0.5, 0.6) is 0 Å².